The first-order valence-corrected chi connectivity index (χ1v) is 7.35. The van der Waals surface area contributed by atoms with E-state index >= 15 is 0 Å². The van der Waals surface area contributed by atoms with Crippen molar-refractivity contribution in [3.05, 3.63) is 28.2 Å². The van der Waals surface area contributed by atoms with E-state index in [0.717, 1.165) is 10.2 Å². The van der Waals surface area contributed by atoms with Gasteiger partial charge in [-0.2, -0.15) is 0 Å². The normalized spacial score (nSPS) is 18.6. The van der Waals surface area contributed by atoms with Crippen LogP contribution in [0, 0.1) is 5.92 Å². The number of methoxy groups -OCH3 is 1. The molecule has 0 saturated heterocycles. The standard InChI is InChI=1S/C14H21BrN2O/c1-18-11-7-8-13(15)12(9-11)14(17-16)10-5-3-2-4-6-10/h7-10,14,17H,2-6,16H2,1H3. The molecule has 1 unspecified atom stereocenters. The van der Waals surface area contributed by atoms with Gasteiger partial charge in [-0.3, -0.25) is 11.3 Å². The first-order valence-electron chi connectivity index (χ1n) is 6.56. The molecule has 18 heavy (non-hydrogen) atoms. The minimum absolute atomic E-state index is 0.203. The van der Waals surface area contributed by atoms with Gasteiger partial charge in [0.25, 0.3) is 0 Å². The van der Waals surface area contributed by atoms with Crippen LogP contribution in [0.5, 0.6) is 5.75 Å². The van der Waals surface area contributed by atoms with Crippen LogP contribution in [-0.4, -0.2) is 7.11 Å². The van der Waals surface area contributed by atoms with Gasteiger partial charge in [-0.15, -0.1) is 0 Å². The topological polar surface area (TPSA) is 47.3 Å². The quantitative estimate of drug-likeness (QED) is 0.660. The Labute approximate surface area is 117 Å². The van der Waals surface area contributed by atoms with E-state index in [1.807, 2.05) is 12.1 Å². The average Bonchev–Trinajstić information content (AvgIpc) is 2.43. The Morgan fingerprint density at radius 3 is 2.67 bits per heavy atom. The third-order valence-corrected chi connectivity index (χ3v) is 4.56. The van der Waals surface area contributed by atoms with Crippen LogP contribution in [0.1, 0.15) is 43.7 Å². The molecular weight excluding hydrogens is 292 g/mol. The Bertz CT molecular complexity index is 391. The zero-order valence-corrected chi connectivity index (χ0v) is 12.4. The molecule has 3 nitrogen and oxygen atoms in total. The second kappa shape index (κ2) is 6.55. The van der Waals surface area contributed by atoms with E-state index in [1.54, 1.807) is 7.11 Å². The van der Waals surface area contributed by atoms with E-state index in [2.05, 4.69) is 27.4 Å². The van der Waals surface area contributed by atoms with Crippen molar-refractivity contribution in [1.82, 2.24) is 5.43 Å². The van der Waals surface area contributed by atoms with Gasteiger partial charge in [0.2, 0.25) is 0 Å². The number of hydrazine groups is 1. The number of rotatable bonds is 4. The van der Waals surface area contributed by atoms with Crippen LogP contribution in [0.3, 0.4) is 0 Å². The Morgan fingerprint density at radius 2 is 2.06 bits per heavy atom. The number of benzene rings is 1. The Kier molecular flexibility index (Phi) is 5.03. The molecule has 3 N–H and O–H groups in total. The van der Waals surface area contributed by atoms with Crippen molar-refractivity contribution >= 4 is 15.9 Å². The highest BCUT2D eigenvalue weighted by molar-refractivity contribution is 9.10. The van der Waals surface area contributed by atoms with Crippen molar-refractivity contribution in [2.45, 2.75) is 38.1 Å². The average molecular weight is 313 g/mol. The number of halogens is 1. The SMILES string of the molecule is COc1ccc(Br)c(C(NN)C2CCCCC2)c1. The monoisotopic (exact) mass is 312 g/mol. The van der Waals surface area contributed by atoms with Crippen LogP contribution in [0.25, 0.3) is 0 Å². The molecule has 0 aliphatic heterocycles. The minimum atomic E-state index is 0.203. The van der Waals surface area contributed by atoms with Crippen molar-refractivity contribution in [3.63, 3.8) is 0 Å². The second-order valence-corrected chi connectivity index (χ2v) is 5.78. The first-order chi connectivity index (χ1) is 8.76. The molecule has 1 atom stereocenters. The van der Waals surface area contributed by atoms with Gasteiger partial charge in [0.05, 0.1) is 13.2 Å². The molecule has 0 bridgehead atoms. The molecule has 1 saturated carbocycles. The van der Waals surface area contributed by atoms with Gasteiger partial charge < -0.3 is 4.74 Å². The Morgan fingerprint density at radius 1 is 1.33 bits per heavy atom. The maximum absolute atomic E-state index is 5.78. The molecule has 0 aromatic heterocycles. The summed E-state index contributed by atoms with van der Waals surface area (Å²) in [5.41, 5.74) is 4.19. The number of hydrogen-bond acceptors (Lipinski definition) is 3. The van der Waals surface area contributed by atoms with Crippen molar-refractivity contribution in [1.29, 1.82) is 0 Å². The largest absolute Gasteiger partial charge is 0.497 e. The van der Waals surface area contributed by atoms with Gasteiger partial charge in [0.1, 0.15) is 5.75 Å². The van der Waals surface area contributed by atoms with Crippen molar-refractivity contribution in [3.8, 4) is 5.75 Å². The zero-order valence-electron chi connectivity index (χ0n) is 10.8. The van der Waals surface area contributed by atoms with Crippen LogP contribution >= 0.6 is 15.9 Å². The van der Waals surface area contributed by atoms with Gasteiger partial charge >= 0.3 is 0 Å². The second-order valence-electron chi connectivity index (χ2n) is 4.93. The summed E-state index contributed by atoms with van der Waals surface area (Å²) in [5.74, 6) is 7.28. The maximum atomic E-state index is 5.78. The summed E-state index contributed by atoms with van der Waals surface area (Å²) in [6.07, 6.45) is 6.47. The molecule has 2 rings (SSSR count). The highest BCUT2D eigenvalue weighted by Gasteiger charge is 2.25. The highest BCUT2D eigenvalue weighted by Crippen LogP contribution is 2.37. The van der Waals surface area contributed by atoms with Crippen molar-refractivity contribution in [2.24, 2.45) is 11.8 Å². The minimum Gasteiger partial charge on any atom is -0.497 e. The van der Waals surface area contributed by atoms with Gasteiger partial charge in [0.15, 0.2) is 0 Å². The van der Waals surface area contributed by atoms with E-state index in [9.17, 15) is 0 Å². The van der Waals surface area contributed by atoms with E-state index in [4.69, 9.17) is 10.6 Å². The van der Waals surface area contributed by atoms with Gasteiger partial charge in [0, 0.05) is 4.47 Å². The number of nitrogens with two attached hydrogens (primary N) is 1. The summed E-state index contributed by atoms with van der Waals surface area (Å²) < 4.78 is 6.40. The van der Waals surface area contributed by atoms with E-state index in [-0.39, 0.29) is 6.04 Å². The zero-order chi connectivity index (χ0) is 13.0. The predicted octanol–water partition coefficient (Wildman–Crippen LogP) is 3.54. The number of nitrogens with one attached hydrogen (secondary N) is 1. The summed E-state index contributed by atoms with van der Waals surface area (Å²) in [4.78, 5) is 0. The smallest absolute Gasteiger partial charge is 0.119 e. The molecule has 0 radical (unpaired) electrons. The van der Waals surface area contributed by atoms with Crippen molar-refractivity contribution < 1.29 is 4.74 Å². The van der Waals surface area contributed by atoms with E-state index < -0.39 is 0 Å². The van der Waals surface area contributed by atoms with Gasteiger partial charge in [-0.25, -0.2) is 0 Å². The summed E-state index contributed by atoms with van der Waals surface area (Å²) in [7, 11) is 1.69. The lowest BCUT2D eigenvalue weighted by Crippen LogP contribution is -2.34. The predicted molar refractivity (Wildman–Crippen MR) is 77.3 cm³/mol. The number of hydrogen-bond donors (Lipinski definition) is 2. The Hall–Kier alpha value is -0.580. The van der Waals surface area contributed by atoms with Gasteiger partial charge in [-0.05, 0) is 42.5 Å². The summed E-state index contributed by atoms with van der Waals surface area (Å²) >= 11 is 3.62. The van der Waals surface area contributed by atoms with Crippen LogP contribution < -0.4 is 16.0 Å². The molecule has 1 aromatic carbocycles. The molecule has 1 fully saturated rings. The maximum Gasteiger partial charge on any atom is 0.119 e. The third-order valence-electron chi connectivity index (χ3n) is 3.84. The molecule has 0 spiro atoms. The lowest BCUT2D eigenvalue weighted by atomic mass is 9.81. The Balaban J connectivity index is 2.25. The molecular formula is C14H21BrN2O. The molecule has 1 aliphatic rings. The van der Waals surface area contributed by atoms with E-state index in [0.29, 0.717) is 5.92 Å². The molecule has 0 amide bonds. The van der Waals surface area contributed by atoms with Crippen LogP contribution in [-0.2, 0) is 0 Å². The van der Waals surface area contributed by atoms with Gasteiger partial charge in [-0.1, -0.05) is 35.2 Å². The fourth-order valence-corrected chi connectivity index (χ4v) is 3.33. The van der Waals surface area contributed by atoms with Crippen LogP contribution in [0.2, 0.25) is 0 Å². The summed E-state index contributed by atoms with van der Waals surface area (Å²) in [6.45, 7) is 0. The third kappa shape index (κ3) is 3.05. The molecule has 4 heteroatoms. The highest BCUT2D eigenvalue weighted by atomic mass is 79.9. The summed E-state index contributed by atoms with van der Waals surface area (Å²) in [5, 5.41) is 0. The fraction of sp³-hybridized carbons (Fsp3) is 0.571. The molecule has 0 heterocycles. The van der Waals surface area contributed by atoms with Crippen molar-refractivity contribution in [2.75, 3.05) is 7.11 Å². The molecule has 1 aliphatic carbocycles. The van der Waals surface area contributed by atoms with E-state index in [1.165, 1.54) is 37.7 Å². The molecule has 1 aromatic rings. The lowest BCUT2D eigenvalue weighted by Gasteiger charge is -2.30. The lowest BCUT2D eigenvalue weighted by molar-refractivity contribution is 0.272. The fourth-order valence-electron chi connectivity index (χ4n) is 2.83. The number of ether oxygens (including phenoxy) is 1. The molecule has 100 valence electrons. The first kappa shape index (κ1) is 13.8. The summed E-state index contributed by atoms with van der Waals surface area (Å²) in [6, 6.07) is 6.27. The van der Waals surface area contributed by atoms with Crippen LogP contribution in [0.15, 0.2) is 22.7 Å². The van der Waals surface area contributed by atoms with Crippen LogP contribution in [0.4, 0.5) is 0 Å².